The van der Waals surface area contributed by atoms with E-state index in [0.29, 0.717) is 18.7 Å². The second-order valence-electron chi connectivity index (χ2n) is 3.35. The average Bonchev–Trinajstić information content (AvgIpc) is 2.70. The Morgan fingerprint density at radius 3 is 2.41 bits per heavy atom. The van der Waals surface area contributed by atoms with Gasteiger partial charge in [0.25, 0.3) is 6.47 Å². The fourth-order valence-electron chi connectivity index (χ4n) is 1.57. The summed E-state index contributed by atoms with van der Waals surface area (Å²) in [6.45, 7) is 0.337. The maximum Gasteiger partial charge on any atom is 0.290 e. The summed E-state index contributed by atoms with van der Waals surface area (Å²) in [7, 11) is 0. The van der Waals surface area contributed by atoms with E-state index in [1.54, 1.807) is 0 Å². The molecule has 0 unspecified atom stereocenters. The average molecular weight is 243 g/mol. The zero-order valence-corrected chi connectivity index (χ0v) is 8.90. The van der Waals surface area contributed by atoms with Crippen molar-refractivity contribution in [2.75, 3.05) is 11.4 Å². The highest BCUT2D eigenvalue weighted by Crippen LogP contribution is 2.22. The molecule has 1 heterocycles. The van der Waals surface area contributed by atoms with E-state index >= 15 is 0 Å². The van der Waals surface area contributed by atoms with Gasteiger partial charge in [0.05, 0.1) is 0 Å². The van der Waals surface area contributed by atoms with E-state index in [1.807, 2.05) is 0 Å². The molecule has 17 heavy (non-hydrogen) atoms. The Morgan fingerprint density at radius 1 is 1.29 bits per heavy atom. The maximum atomic E-state index is 12.8. The monoisotopic (exact) mass is 243 g/mol. The lowest BCUT2D eigenvalue weighted by atomic mass is 10.3. The van der Waals surface area contributed by atoms with Gasteiger partial charge in [-0.15, -0.1) is 0 Å². The third kappa shape index (κ3) is 3.24. The Balaban J connectivity index is 0.000000437. The number of carbonyl (C=O) groups excluding carboxylic acids is 1. The second-order valence-corrected chi connectivity index (χ2v) is 3.35. The van der Waals surface area contributed by atoms with Crippen LogP contribution in [0, 0.1) is 11.6 Å². The Labute approximate surface area is 96.5 Å². The van der Waals surface area contributed by atoms with Gasteiger partial charge in [-0.25, -0.2) is 8.78 Å². The molecule has 1 aliphatic heterocycles. The molecule has 0 aliphatic carbocycles. The van der Waals surface area contributed by atoms with E-state index in [9.17, 15) is 13.6 Å². The molecule has 0 aromatic heterocycles. The first-order valence-corrected chi connectivity index (χ1v) is 4.93. The van der Waals surface area contributed by atoms with Crippen LogP contribution in [0.1, 0.15) is 12.8 Å². The van der Waals surface area contributed by atoms with Gasteiger partial charge in [-0.2, -0.15) is 0 Å². The van der Waals surface area contributed by atoms with Gasteiger partial charge in [0, 0.05) is 24.7 Å². The van der Waals surface area contributed by atoms with E-state index < -0.39 is 11.6 Å². The van der Waals surface area contributed by atoms with Crippen molar-refractivity contribution in [1.82, 2.24) is 0 Å². The molecule has 0 atom stereocenters. The van der Waals surface area contributed by atoms with Crippen LogP contribution in [0.2, 0.25) is 0 Å². The smallest absolute Gasteiger partial charge is 0.290 e. The van der Waals surface area contributed by atoms with Crippen molar-refractivity contribution >= 4 is 18.1 Å². The number of benzene rings is 1. The zero-order valence-electron chi connectivity index (χ0n) is 8.90. The molecule has 1 N–H and O–H groups in total. The number of hydrogen-bond acceptors (Lipinski definition) is 2. The van der Waals surface area contributed by atoms with Crippen molar-refractivity contribution in [3.05, 3.63) is 29.8 Å². The maximum absolute atomic E-state index is 12.8. The van der Waals surface area contributed by atoms with Crippen molar-refractivity contribution in [2.24, 2.45) is 0 Å². The highest BCUT2D eigenvalue weighted by Gasteiger charge is 2.22. The third-order valence-corrected chi connectivity index (χ3v) is 2.29. The van der Waals surface area contributed by atoms with Crippen LogP contribution in [0.25, 0.3) is 0 Å². The molecule has 1 amide bonds. The molecule has 92 valence electrons. The Morgan fingerprint density at radius 2 is 1.94 bits per heavy atom. The summed E-state index contributed by atoms with van der Waals surface area (Å²) in [5, 5.41) is 6.89. The predicted molar refractivity (Wildman–Crippen MR) is 56.6 cm³/mol. The molecule has 1 fully saturated rings. The first-order chi connectivity index (χ1) is 8.10. The molecule has 1 aromatic rings. The van der Waals surface area contributed by atoms with Gasteiger partial charge < -0.3 is 10.0 Å². The number of carbonyl (C=O) groups is 2. The molecule has 2 rings (SSSR count). The van der Waals surface area contributed by atoms with Crippen molar-refractivity contribution in [3.8, 4) is 0 Å². The fourth-order valence-corrected chi connectivity index (χ4v) is 1.57. The molecule has 1 saturated heterocycles. The summed E-state index contributed by atoms with van der Waals surface area (Å²) >= 11 is 0. The van der Waals surface area contributed by atoms with Crippen LogP contribution in [-0.2, 0) is 9.59 Å². The number of nitrogens with zero attached hydrogens (tertiary/aromatic N) is 1. The minimum Gasteiger partial charge on any atom is -0.483 e. The SMILES string of the molecule is O=C1CCCN1c1ccc(F)c(F)c1.O=CO. The van der Waals surface area contributed by atoms with Crippen LogP contribution in [0.15, 0.2) is 18.2 Å². The van der Waals surface area contributed by atoms with Crippen LogP contribution >= 0.6 is 0 Å². The van der Waals surface area contributed by atoms with E-state index in [0.717, 1.165) is 18.6 Å². The van der Waals surface area contributed by atoms with E-state index in [-0.39, 0.29) is 12.4 Å². The highest BCUT2D eigenvalue weighted by molar-refractivity contribution is 5.95. The number of halogens is 2. The first-order valence-electron chi connectivity index (χ1n) is 4.93. The molecule has 0 radical (unpaired) electrons. The lowest BCUT2D eigenvalue weighted by Crippen LogP contribution is -2.23. The number of anilines is 1. The zero-order chi connectivity index (χ0) is 12.8. The largest absolute Gasteiger partial charge is 0.483 e. The summed E-state index contributed by atoms with van der Waals surface area (Å²) in [6.07, 6.45) is 1.26. The summed E-state index contributed by atoms with van der Waals surface area (Å²) in [5.41, 5.74) is 0.436. The van der Waals surface area contributed by atoms with Crippen molar-refractivity contribution < 1.29 is 23.5 Å². The molecule has 0 spiro atoms. The van der Waals surface area contributed by atoms with Crippen LogP contribution in [-0.4, -0.2) is 24.0 Å². The number of rotatable bonds is 1. The van der Waals surface area contributed by atoms with Gasteiger partial charge >= 0.3 is 0 Å². The fraction of sp³-hybridized carbons (Fsp3) is 0.273. The van der Waals surface area contributed by atoms with Crippen molar-refractivity contribution in [3.63, 3.8) is 0 Å². The van der Waals surface area contributed by atoms with Crippen LogP contribution < -0.4 is 4.90 Å². The van der Waals surface area contributed by atoms with Crippen molar-refractivity contribution in [1.29, 1.82) is 0 Å². The van der Waals surface area contributed by atoms with Gasteiger partial charge in [0.15, 0.2) is 11.6 Å². The quantitative estimate of drug-likeness (QED) is 0.765. The Bertz CT molecular complexity index is 423. The van der Waals surface area contributed by atoms with Gasteiger partial charge in [-0.3, -0.25) is 9.59 Å². The summed E-state index contributed by atoms with van der Waals surface area (Å²) < 4.78 is 25.5. The van der Waals surface area contributed by atoms with E-state index in [1.165, 1.54) is 11.0 Å². The molecular formula is C11H11F2NO3. The van der Waals surface area contributed by atoms with Gasteiger partial charge in [-0.05, 0) is 18.6 Å². The summed E-state index contributed by atoms with van der Waals surface area (Å²) in [4.78, 5) is 21.1. The van der Waals surface area contributed by atoms with Crippen LogP contribution in [0.4, 0.5) is 14.5 Å². The molecule has 0 bridgehead atoms. The topological polar surface area (TPSA) is 57.6 Å². The Hall–Kier alpha value is -1.98. The molecule has 6 heteroatoms. The molecule has 4 nitrogen and oxygen atoms in total. The first kappa shape index (κ1) is 13.1. The van der Waals surface area contributed by atoms with E-state index in [2.05, 4.69) is 0 Å². The Kier molecular flexibility index (Phi) is 4.56. The van der Waals surface area contributed by atoms with E-state index in [4.69, 9.17) is 9.90 Å². The molecule has 1 aliphatic rings. The van der Waals surface area contributed by atoms with Crippen molar-refractivity contribution in [2.45, 2.75) is 12.8 Å². The van der Waals surface area contributed by atoms with Gasteiger partial charge in [0.1, 0.15) is 0 Å². The lowest BCUT2D eigenvalue weighted by molar-refractivity contribution is -0.123. The van der Waals surface area contributed by atoms with Crippen LogP contribution in [0.3, 0.4) is 0 Å². The molecule has 0 saturated carbocycles. The normalized spacial score (nSPS) is 14.2. The summed E-state index contributed by atoms with van der Waals surface area (Å²) in [5.74, 6) is -1.83. The number of carboxylic acid groups (broad SMARTS) is 1. The number of hydrogen-bond donors (Lipinski definition) is 1. The standard InChI is InChI=1S/C10H9F2NO.CH2O2/c11-8-4-3-7(6-9(8)12)13-5-1-2-10(13)14;2-1-3/h3-4,6H,1-2,5H2;1H,(H,2,3). The van der Waals surface area contributed by atoms with Gasteiger partial charge in [-0.1, -0.05) is 0 Å². The minimum atomic E-state index is -0.915. The predicted octanol–water partition coefficient (Wildman–Crippen LogP) is 1.79. The molecular weight excluding hydrogens is 232 g/mol. The summed E-state index contributed by atoms with van der Waals surface area (Å²) in [6, 6.07) is 3.51. The second kappa shape index (κ2) is 5.93. The lowest BCUT2D eigenvalue weighted by Gasteiger charge is -2.15. The third-order valence-electron chi connectivity index (χ3n) is 2.29. The highest BCUT2D eigenvalue weighted by atomic mass is 19.2. The molecule has 1 aromatic carbocycles. The van der Waals surface area contributed by atoms with Crippen LogP contribution in [0.5, 0.6) is 0 Å². The number of amides is 1. The minimum absolute atomic E-state index is 0.0315. The van der Waals surface area contributed by atoms with Gasteiger partial charge in [0.2, 0.25) is 5.91 Å².